The molecule has 0 atom stereocenters. The Morgan fingerprint density at radius 3 is 2.81 bits per heavy atom. The van der Waals surface area contributed by atoms with Crippen LogP contribution in [-0.2, 0) is 12.8 Å². The first-order valence-electron chi connectivity index (χ1n) is 8.75. The molecule has 0 aliphatic carbocycles. The van der Waals surface area contributed by atoms with Gasteiger partial charge in [-0.15, -0.1) is 0 Å². The maximum atomic E-state index is 12.8. The van der Waals surface area contributed by atoms with Crippen LogP contribution >= 0.6 is 0 Å². The van der Waals surface area contributed by atoms with Crippen molar-refractivity contribution >= 4 is 11.7 Å². The first-order valence-corrected chi connectivity index (χ1v) is 8.75. The van der Waals surface area contributed by atoms with Crippen molar-refractivity contribution in [2.24, 2.45) is 0 Å². The Labute approximate surface area is 152 Å². The van der Waals surface area contributed by atoms with Gasteiger partial charge in [-0.3, -0.25) is 4.79 Å². The van der Waals surface area contributed by atoms with Gasteiger partial charge in [-0.25, -0.2) is 4.98 Å². The fourth-order valence-electron chi connectivity index (χ4n) is 3.30. The van der Waals surface area contributed by atoms with E-state index < -0.39 is 0 Å². The number of anilines is 1. The minimum Gasteiger partial charge on any atom is -0.492 e. The number of rotatable bonds is 4. The van der Waals surface area contributed by atoms with E-state index in [0.717, 1.165) is 29.5 Å². The number of nitrogens with zero attached hydrogens (tertiary/aromatic N) is 1. The van der Waals surface area contributed by atoms with Crippen LogP contribution in [0.2, 0.25) is 0 Å². The predicted octanol–water partition coefficient (Wildman–Crippen LogP) is 4.17. The van der Waals surface area contributed by atoms with E-state index in [4.69, 9.17) is 4.74 Å². The van der Waals surface area contributed by atoms with Crippen LogP contribution in [0.3, 0.4) is 0 Å². The predicted molar refractivity (Wildman–Crippen MR) is 102 cm³/mol. The number of carbonyl (C=O) groups excluding carboxylic acids is 1. The average molecular weight is 344 g/mol. The number of pyridine rings is 1. The molecule has 1 aliphatic heterocycles. The molecule has 0 spiro atoms. The third-order valence-electron chi connectivity index (χ3n) is 4.49. The van der Waals surface area contributed by atoms with Gasteiger partial charge in [0.2, 0.25) is 0 Å². The van der Waals surface area contributed by atoms with E-state index in [1.165, 1.54) is 5.56 Å². The van der Waals surface area contributed by atoms with E-state index >= 15 is 0 Å². The molecule has 0 radical (unpaired) electrons. The van der Waals surface area contributed by atoms with Crippen LogP contribution in [0.5, 0.6) is 5.75 Å². The third kappa shape index (κ3) is 3.45. The van der Waals surface area contributed by atoms with Gasteiger partial charge >= 0.3 is 0 Å². The standard InChI is InChI=1S/C22H20N2O2/c1-15-11-18-8-10-26-21(18)19(12-15)22(25)24-20-14-17(7-9-23-20)13-16-5-3-2-4-6-16/h2-7,9,11-12,14H,8,10,13H2,1H3,(H,23,24,25). The highest BCUT2D eigenvalue weighted by atomic mass is 16.5. The van der Waals surface area contributed by atoms with Gasteiger partial charge in [0.1, 0.15) is 11.6 Å². The summed E-state index contributed by atoms with van der Waals surface area (Å²) in [6.07, 6.45) is 3.38. The van der Waals surface area contributed by atoms with Gasteiger partial charge in [-0.05, 0) is 53.8 Å². The summed E-state index contributed by atoms with van der Waals surface area (Å²) in [5.74, 6) is 1.07. The monoisotopic (exact) mass is 344 g/mol. The molecule has 26 heavy (non-hydrogen) atoms. The second kappa shape index (κ2) is 7.00. The lowest BCUT2D eigenvalue weighted by Crippen LogP contribution is -2.14. The zero-order valence-electron chi connectivity index (χ0n) is 14.7. The van der Waals surface area contributed by atoms with Gasteiger partial charge in [0.15, 0.2) is 0 Å². The summed E-state index contributed by atoms with van der Waals surface area (Å²) in [5, 5.41) is 2.91. The Kier molecular flexibility index (Phi) is 4.40. The molecule has 1 aromatic heterocycles. The van der Waals surface area contributed by atoms with E-state index in [1.807, 2.05) is 43.3 Å². The fraction of sp³-hybridized carbons (Fsp3) is 0.182. The number of aryl methyl sites for hydroxylation is 1. The number of hydrogen-bond donors (Lipinski definition) is 1. The molecule has 0 saturated heterocycles. The maximum absolute atomic E-state index is 12.8. The van der Waals surface area contributed by atoms with Gasteiger partial charge in [0.05, 0.1) is 12.2 Å². The number of carbonyl (C=O) groups is 1. The van der Waals surface area contributed by atoms with Crippen LogP contribution in [0.25, 0.3) is 0 Å². The lowest BCUT2D eigenvalue weighted by atomic mass is 10.0. The molecule has 0 unspecified atom stereocenters. The number of ether oxygens (including phenoxy) is 1. The number of hydrogen-bond acceptors (Lipinski definition) is 3. The minimum absolute atomic E-state index is 0.184. The Morgan fingerprint density at radius 2 is 1.96 bits per heavy atom. The summed E-state index contributed by atoms with van der Waals surface area (Å²) in [7, 11) is 0. The van der Waals surface area contributed by atoms with Crippen LogP contribution in [-0.4, -0.2) is 17.5 Å². The topological polar surface area (TPSA) is 51.2 Å². The van der Waals surface area contributed by atoms with E-state index in [1.54, 1.807) is 6.20 Å². The van der Waals surface area contributed by atoms with Crippen molar-refractivity contribution in [1.29, 1.82) is 0 Å². The summed E-state index contributed by atoms with van der Waals surface area (Å²) in [6.45, 7) is 2.62. The molecule has 0 fully saturated rings. The number of benzene rings is 2. The molecule has 2 heterocycles. The molecule has 1 amide bonds. The molecule has 1 aliphatic rings. The zero-order valence-corrected chi connectivity index (χ0v) is 14.7. The molecule has 130 valence electrons. The smallest absolute Gasteiger partial charge is 0.260 e. The number of fused-ring (bicyclic) bond motifs is 1. The molecule has 4 rings (SSSR count). The molecular formula is C22H20N2O2. The van der Waals surface area contributed by atoms with E-state index in [-0.39, 0.29) is 5.91 Å². The average Bonchev–Trinajstić information content (AvgIpc) is 3.10. The second-order valence-electron chi connectivity index (χ2n) is 6.57. The molecule has 0 saturated carbocycles. The fourth-order valence-corrected chi connectivity index (χ4v) is 3.30. The highest BCUT2D eigenvalue weighted by Crippen LogP contribution is 2.31. The first-order chi connectivity index (χ1) is 12.7. The lowest BCUT2D eigenvalue weighted by molar-refractivity contribution is 0.102. The van der Waals surface area contributed by atoms with Gasteiger partial charge in [0, 0.05) is 12.6 Å². The Hall–Kier alpha value is -3.14. The van der Waals surface area contributed by atoms with Gasteiger partial charge in [0.25, 0.3) is 5.91 Å². The quantitative estimate of drug-likeness (QED) is 0.773. The SMILES string of the molecule is Cc1cc2c(c(C(=O)Nc3cc(Cc4ccccc4)ccn3)c1)OCC2. The Morgan fingerprint density at radius 1 is 1.12 bits per heavy atom. The molecule has 2 aromatic carbocycles. The Bertz CT molecular complexity index is 952. The van der Waals surface area contributed by atoms with Crippen LogP contribution in [0.4, 0.5) is 5.82 Å². The second-order valence-corrected chi connectivity index (χ2v) is 6.57. The first kappa shape index (κ1) is 16.3. The maximum Gasteiger partial charge on any atom is 0.260 e. The van der Waals surface area contributed by atoms with Crippen molar-refractivity contribution in [2.75, 3.05) is 11.9 Å². The summed E-state index contributed by atoms with van der Waals surface area (Å²) in [6, 6.07) is 18.1. The van der Waals surface area contributed by atoms with Crippen molar-refractivity contribution in [3.05, 3.63) is 88.6 Å². The third-order valence-corrected chi connectivity index (χ3v) is 4.49. The highest BCUT2D eigenvalue weighted by Gasteiger charge is 2.21. The largest absolute Gasteiger partial charge is 0.492 e. The normalized spacial score (nSPS) is 12.3. The van der Waals surface area contributed by atoms with Crippen LogP contribution in [0, 0.1) is 6.92 Å². The van der Waals surface area contributed by atoms with Crippen molar-refractivity contribution in [3.63, 3.8) is 0 Å². The summed E-state index contributed by atoms with van der Waals surface area (Å²) < 4.78 is 5.66. The van der Waals surface area contributed by atoms with Gasteiger partial charge < -0.3 is 10.1 Å². The van der Waals surface area contributed by atoms with E-state index in [2.05, 4.69) is 28.5 Å². The highest BCUT2D eigenvalue weighted by molar-refractivity contribution is 6.06. The van der Waals surface area contributed by atoms with Crippen molar-refractivity contribution in [1.82, 2.24) is 4.98 Å². The van der Waals surface area contributed by atoms with Gasteiger partial charge in [-0.2, -0.15) is 0 Å². The number of aromatic nitrogens is 1. The molecular weight excluding hydrogens is 324 g/mol. The summed E-state index contributed by atoms with van der Waals surface area (Å²) in [4.78, 5) is 17.1. The zero-order chi connectivity index (χ0) is 17.9. The van der Waals surface area contributed by atoms with E-state index in [0.29, 0.717) is 23.7 Å². The molecule has 4 nitrogen and oxygen atoms in total. The van der Waals surface area contributed by atoms with E-state index in [9.17, 15) is 4.79 Å². The van der Waals surface area contributed by atoms with Crippen molar-refractivity contribution in [3.8, 4) is 5.75 Å². The van der Waals surface area contributed by atoms with Crippen LogP contribution in [0.15, 0.2) is 60.8 Å². The molecule has 1 N–H and O–H groups in total. The van der Waals surface area contributed by atoms with Crippen molar-refractivity contribution < 1.29 is 9.53 Å². The number of nitrogens with one attached hydrogen (secondary N) is 1. The molecule has 0 bridgehead atoms. The summed E-state index contributed by atoms with van der Waals surface area (Å²) >= 11 is 0. The molecule has 3 aromatic rings. The molecule has 4 heteroatoms. The van der Waals surface area contributed by atoms with Crippen molar-refractivity contribution in [2.45, 2.75) is 19.8 Å². The minimum atomic E-state index is -0.184. The van der Waals surface area contributed by atoms with Crippen LogP contribution in [0.1, 0.15) is 32.6 Å². The van der Waals surface area contributed by atoms with Crippen LogP contribution < -0.4 is 10.1 Å². The lowest BCUT2D eigenvalue weighted by Gasteiger charge is -2.11. The van der Waals surface area contributed by atoms with Gasteiger partial charge in [-0.1, -0.05) is 36.4 Å². The number of amides is 1. The Balaban J connectivity index is 1.55. The summed E-state index contributed by atoms with van der Waals surface area (Å²) in [5.41, 5.74) is 5.06.